The molecule has 2 unspecified atom stereocenters. The quantitative estimate of drug-likeness (QED) is 0.724. The lowest BCUT2D eigenvalue weighted by Gasteiger charge is -2.20. The van der Waals surface area contributed by atoms with Crippen molar-refractivity contribution in [3.05, 3.63) is 18.2 Å². The van der Waals surface area contributed by atoms with Crippen molar-refractivity contribution in [2.75, 3.05) is 11.1 Å². The summed E-state index contributed by atoms with van der Waals surface area (Å²) in [6.07, 6.45) is 3.46. The fraction of sp³-hybridized carbons (Fsp3) is 0.500. The lowest BCUT2D eigenvalue weighted by Crippen LogP contribution is -2.23. The number of nitrogens with two attached hydrogens (primary N) is 2. The van der Waals surface area contributed by atoms with Crippen LogP contribution in [0.25, 0.3) is 0 Å². The number of sulfonamides is 1. The van der Waals surface area contributed by atoms with Gasteiger partial charge in [-0.1, -0.05) is 13.3 Å². The Morgan fingerprint density at radius 2 is 2.06 bits per heavy atom. The minimum Gasteiger partial charge on any atom is -0.397 e. The van der Waals surface area contributed by atoms with Gasteiger partial charge in [0, 0.05) is 6.04 Å². The van der Waals surface area contributed by atoms with Crippen LogP contribution < -0.4 is 16.2 Å². The predicted molar refractivity (Wildman–Crippen MR) is 72.7 cm³/mol. The van der Waals surface area contributed by atoms with Crippen LogP contribution in [0.3, 0.4) is 0 Å². The van der Waals surface area contributed by atoms with Gasteiger partial charge in [-0.05, 0) is 37.0 Å². The van der Waals surface area contributed by atoms with Crippen molar-refractivity contribution in [3.8, 4) is 0 Å². The van der Waals surface area contributed by atoms with Gasteiger partial charge in [0.2, 0.25) is 10.0 Å². The molecule has 5 nitrogen and oxygen atoms in total. The van der Waals surface area contributed by atoms with Crippen LogP contribution in [0, 0.1) is 5.92 Å². The number of rotatable bonds is 3. The maximum atomic E-state index is 11.3. The van der Waals surface area contributed by atoms with E-state index in [9.17, 15) is 8.42 Å². The van der Waals surface area contributed by atoms with E-state index >= 15 is 0 Å². The van der Waals surface area contributed by atoms with Crippen LogP contribution in [-0.4, -0.2) is 14.5 Å². The lowest BCUT2D eigenvalue weighted by atomic mass is 10.1. The van der Waals surface area contributed by atoms with Gasteiger partial charge < -0.3 is 11.1 Å². The van der Waals surface area contributed by atoms with Crippen LogP contribution in [-0.2, 0) is 10.0 Å². The van der Waals surface area contributed by atoms with Gasteiger partial charge in [0.15, 0.2) is 0 Å². The van der Waals surface area contributed by atoms with Gasteiger partial charge in [-0.15, -0.1) is 0 Å². The number of nitrogen functional groups attached to an aromatic ring is 1. The van der Waals surface area contributed by atoms with Gasteiger partial charge in [0.25, 0.3) is 0 Å². The first-order valence-electron chi connectivity index (χ1n) is 6.07. The summed E-state index contributed by atoms with van der Waals surface area (Å²) in [6, 6.07) is 4.86. The maximum Gasteiger partial charge on any atom is 0.238 e. The number of hydrogen-bond donors (Lipinski definition) is 3. The minimum atomic E-state index is -3.68. The molecule has 0 radical (unpaired) electrons. The van der Waals surface area contributed by atoms with Crippen molar-refractivity contribution in [3.63, 3.8) is 0 Å². The number of hydrogen-bond acceptors (Lipinski definition) is 4. The molecule has 100 valence electrons. The molecular formula is C12H19N3O2S. The third kappa shape index (κ3) is 2.76. The predicted octanol–water partition coefficient (Wildman–Crippen LogP) is 1.52. The summed E-state index contributed by atoms with van der Waals surface area (Å²) in [5, 5.41) is 8.44. The lowest BCUT2D eigenvalue weighted by molar-refractivity contribution is 0.556. The minimum absolute atomic E-state index is 0.0878. The molecule has 2 rings (SSSR count). The second-order valence-electron chi connectivity index (χ2n) is 4.95. The van der Waals surface area contributed by atoms with E-state index in [0.717, 1.165) is 6.42 Å². The van der Waals surface area contributed by atoms with E-state index in [4.69, 9.17) is 10.9 Å². The SMILES string of the molecule is CC1CCCC1Nc1cc(S(N)(=O)=O)ccc1N. The molecule has 18 heavy (non-hydrogen) atoms. The molecule has 1 aliphatic carbocycles. The van der Waals surface area contributed by atoms with Gasteiger partial charge in [-0.25, -0.2) is 13.6 Å². The Morgan fingerprint density at radius 1 is 1.33 bits per heavy atom. The van der Waals surface area contributed by atoms with Gasteiger partial charge in [-0.3, -0.25) is 0 Å². The Bertz CT molecular complexity index is 542. The first-order chi connectivity index (χ1) is 8.38. The fourth-order valence-electron chi connectivity index (χ4n) is 2.40. The van der Waals surface area contributed by atoms with Crippen LogP contribution in [0.5, 0.6) is 0 Å². The van der Waals surface area contributed by atoms with Crippen molar-refractivity contribution in [2.24, 2.45) is 11.1 Å². The zero-order chi connectivity index (χ0) is 13.3. The van der Waals surface area contributed by atoms with Crippen LogP contribution >= 0.6 is 0 Å². The molecule has 1 saturated carbocycles. The average Bonchev–Trinajstić information content (AvgIpc) is 2.66. The molecule has 1 fully saturated rings. The Balaban J connectivity index is 2.27. The molecule has 0 aliphatic heterocycles. The molecule has 0 amide bonds. The van der Waals surface area contributed by atoms with E-state index in [1.165, 1.54) is 25.0 Å². The highest BCUT2D eigenvalue weighted by molar-refractivity contribution is 7.89. The molecule has 0 aromatic heterocycles. The van der Waals surface area contributed by atoms with E-state index in [1.807, 2.05) is 0 Å². The summed E-state index contributed by atoms with van der Waals surface area (Å²) < 4.78 is 22.6. The highest BCUT2D eigenvalue weighted by atomic mass is 32.2. The molecular weight excluding hydrogens is 250 g/mol. The molecule has 0 saturated heterocycles. The Kier molecular flexibility index (Phi) is 3.49. The topological polar surface area (TPSA) is 98.2 Å². The molecule has 1 aliphatic rings. The third-order valence-corrected chi connectivity index (χ3v) is 4.47. The van der Waals surface area contributed by atoms with Gasteiger partial charge in [0.05, 0.1) is 16.3 Å². The van der Waals surface area contributed by atoms with Crippen molar-refractivity contribution < 1.29 is 8.42 Å². The van der Waals surface area contributed by atoms with Crippen molar-refractivity contribution in [1.29, 1.82) is 0 Å². The summed E-state index contributed by atoms with van der Waals surface area (Å²) >= 11 is 0. The summed E-state index contributed by atoms with van der Waals surface area (Å²) in [5.74, 6) is 0.572. The van der Waals surface area contributed by atoms with E-state index < -0.39 is 10.0 Å². The molecule has 2 atom stereocenters. The van der Waals surface area contributed by atoms with E-state index in [1.54, 1.807) is 6.07 Å². The van der Waals surface area contributed by atoms with Gasteiger partial charge in [0.1, 0.15) is 0 Å². The Labute approximate surface area is 108 Å². The normalized spacial score (nSPS) is 24.1. The van der Waals surface area contributed by atoms with Gasteiger partial charge in [-0.2, -0.15) is 0 Å². The number of primary sulfonamides is 1. The van der Waals surface area contributed by atoms with Crippen molar-refractivity contribution >= 4 is 21.4 Å². The Hall–Kier alpha value is -1.27. The molecule has 1 aromatic carbocycles. The molecule has 1 aromatic rings. The van der Waals surface area contributed by atoms with E-state index in [0.29, 0.717) is 23.3 Å². The molecule has 0 spiro atoms. The highest BCUT2D eigenvalue weighted by Crippen LogP contribution is 2.30. The number of nitrogens with one attached hydrogen (secondary N) is 1. The fourth-order valence-corrected chi connectivity index (χ4v) is 2.94. The zero-order valence-electron chi connectivity index (χ0n) is 10.4. The van der Waals surface area contributed by atoms with Crippen molar-refractivity contribution in [1.82, 2.24) is 0 Å². The average molecular weight is 269 g/mol. The number of anilines is 2. The number of benzene rings is 1. The smallest absolute Gasteiger partial charge is 0.238 e. The molecule has 6 heteroatoms. The first-order valence-corrected chi connectivity index (χ1v) is 7.61. The summed E-state index contributed by atoms with van der Waals surface area (Å²) in [4.78, 5) is 0.0878. The molecule has 0 bridgehead atoms. The monoisotopic (exact) mass is 269 g/mol. The Morgan fingerprint density at radius 3 is 2.61 bits per heavy atom. The zero-order valence-corrected chi connectivity index (χ0v) is 11.2. The second kappa shape index (κ2) is 4.78. The molecule has 5 N–H and O–H groups in total. The summed E-state index contributed by atoms with van der Waals surface area (Å²) in [7, 11) is -3.68. The largest absolute Gasteiger partial charge is 0.397 e. The van der Waals surface area contributed by atoms with Crippen molar-refractivity contribution in [2.45, 2.75) is 37.1 Å². The molecule has 0 heterocycles. The third-order valence-electron chi connectivity index (χ3n) is 3.56. The first kappa shape index (κ1) is 13.2. The maximum absolute atomic E-state index is 11.3. The van der Waals surface area contributed by atoms with Crippen LogP contribution in [0.15, 0.2) is 23.1 Å². The van der Waals surface area contributed by atoms with Crippen LogP contribution in [0.1, 0.15) is 26.2 Å². The van der Waals surface area contributed by atoms with Crippen LogP contribution in [0.2, 0.25) is 0 Å². The summed E-state index contributed by atoms with van der Waals surface area (Å²) in [6.45, 7) is 2.18. The van der Waals surface area contributed by atoms with Crippen LogP contribution in [0.4, 0.5) is 11.4 Å². The van der Waals surface area contributed by atoms with Gasteiger partial charge >= 0.3 is 0 Å². The van der Waals surface area contributed by atoms with E-state index in [-0.39, 0.29) is 4.90 Å². The second-order valence-corrected chi connectivity index (χ2v) is 6.51. The highest BCUT2D eigenvalue weighted by Gasteiger charge is 2.24. The standard InChI is InChI=1S/C12H19N3O2S/c1-8-3-2-4-11(8)15-12-7-9(18(14,16)17)5-6-10(12)13/h5-8,11,15H,2-4,13H2,1H3,(H2,14,16,17). The van der Waals surface area contributed by atoms with E-state index in [2.05, 4.69) is 12.2 Å². The summed E-state index contributed by atoms with van der Waals surface area (Å²) in [5.41, 5.74) is 7.05.